The minimum Gasteiger partial charge on any atom is -0.350 e. The average Bonchev–Trinajstić information content (AvgIpc) is 3.22. The van der Waals surface area contributed by atoms with Crippen LogP contribution in [-0.2, 0) is 5.41 Å². The number of hydrogen-bond acceptors (Lipinski definition) is 3. The molecule has 4 heteroatoms. The van der Waals surface area contributed by atoms with Crippen LogP contribution in [0.25, 0.3) is 0 Å². The zero-order chi connectivity index (χ0) is 15.7. The van der Waals surface area contributed by atoms with Crippen LogP contribution in [0.3, 0.4) is 0 Å². The van der Waals surface area contributed by atoms with Crippen LogP contribution >= 0.6 is 11.3 Å². The van der Waals surface area contributed by atoms with Crippen molar-refractivity contribution >= 4 is 17.2 Å². The molecule has 1 aliphatic carbocycles. The van der Waals surface area contributed by atoms with E-state index in [1.807, 2.05) is 6.07 Å². The van der Waals surface area contributed by atoms with Crippen molar-refractivity contribution in [3.05, 3.63) is 51.5 Å². The molecule has 1 aromatic heterocycles. The van der Waals surface area contributed by atoms with Gasteiger partial charge in [0.25, 0.3) is 5.91 Å². The highest BCUT2D eigenvalue weighted by Crippen LogP contribution is 2.41. The first kappa shape index (κ1) is 15.2. The molecule has 0 radical (unpaired) electrons. The van der Waals surface area contributed by atoms with Crippen molar-refractivity contribution in [2.45, 2.75) is 44.9 Å². The van der Waals surface area contributed by atoms with E-state index >= 15 is 0 Å². The van der Waals surface area contributed by atoms with Gasteiger partial charge in [-0.2, -0.15) is 0 Å². The lowest BCUT2D eigenvalue weighted by molar-refractivity contribution is 0.0949. The molecule has 1 aromatic carbocycles. The molecule has 0 bridgehead atoms. The Morgan fingerprint density at radius 2 is 2.09 bits per heavy atom. The molecular formula is C18H22N2OS. The second kappa shape index (κ2) is 5.84. The van der Waals surface area contributed by atoms with Crippen molar-refractivity contribution in [2.24, 2.45) is 0 Å². The maximum absolute atomic E-state index is 12.3. The molecule has 0 saturated heterocycles. The molecule has 0 spiro atoms. The van der Waals surface area contributed by atoms with Gasteiger partial charge in [-0.05, 0) is 30.9 Å². The number of thiazole rings is 1. The van der Waals surface area contributed by atoms with Crippen LogP contribution in [0.2, 0.25) is 0 Å². The molecule has 0 aliphatic heterocycles. The number of carbonyl (C=O) groups excluding carboxylic acids is 1. The van der Waals surface area contributed by atoms with E-state index in [4.69, 9.17) is 0 Å². The smallest absolute Gasteiger partial charge is 0.263 e. The number of nitrogens with zero attached hydrogens (tertiary/aromatic N) is 1. The Bertz CT molecular complexity index is 686. The number of benzene rings is 1. The third kappa shape index (κ3) is 3.22. The number of aryl methyl sites for hydroxylation is 1. The predicted molar refractivity (Wildman–Crippen MR) is 90.6 cm³/mol. The minimum absolute atomic E-state index is 0.00828. The highest BCUT2D eigenvalue weighted by Gasteiger charge is 2.28. The number of aromatic nitrogens is 1. The minimum atomic E-state index is -0.0922. The lowest BCUT2D eigenvalue weighted by Crippen LogP contribution is -2.36. The number of hydrogen-bond donors (Lipinski definition) is 1. The second-order valence-corrected chi connectivity index (χ2v) is 7.78. The first-order valence-corrected chi connectivity index (χ1v) is 8.59. The van der Waals surface area contributed by atoms with Crippen molar-refractivity contribution < 1.29 is 4.79 Å². The Labute approximate surface area is 135 Å². The Kier molecular flexibility index (Phi) is 4.04. The number of rotatable bonds is 5. The third-order valence-corrected chi connectivity index (χ3v) is 5.40. The fourth-order valence-electron chi connectivity index (χ4n) is 2.73. The largest absolute Gasteiger partial charge is 0.350 e. The maximum atomic E-state index is 12.3. The standard InChI is InChI=1S/C18H22N2OS/c1-12-6-4-5-7-14(12)18(2,3)11-20-16(21)15-10-19-17(22-15)13-8-9-13/h4-7,10,13H,8-9,11H2,1-3H3,(H,20,21). The van der Waals surface area contributed by atoms with E-state index in [-0.39, 0.29) is 11.3 Å². The summed E-state index contributed by atoms with van der Waals surface area (Å²) in [4.78, 5) is 17.4. The van der Waals surface area contributed by atoms with Crippen LogP contribution in [0.15, 0.2) is 30.5 Å². The molecular weight excluding hydrogens is 292 g/mol. The van der Waals surface area contributed by atoms with E-state index in [9.17, 15) is 4.79 Å². The van der Waals surface area contributed by atoms with E-state index in [0.29, 0.717) is 12.5 Å². The van der Waals surface area contributed by atoms with Crippen LogP contribution in [0.1, 0.15) is 58.4 Å². The monoisotopic (exact) mass is 314 g/mol. The number of amides is 1. The lowest BCUT2D eigenvalue weighted by atomic mass is 9.82. The summed E-state index contributed by atoms with van der Waals surface area (Å²) in [6, 6.07) is 8.35. The highest BCUT2D eigenvalue weighted by molar-refractivity contribution is 7.13. The zero-order valence-electron chi connectivity index (χ0n) is 13.3. The lowest BCUT2D eigenvalue weighted by Gasteiger charge is -2.27. The van der Waals surface area contributed by atoms with Gasteiger partial charge >= 0.3 is 0 Å². The number of nitrogens with one attached hydrogen (secondary N) is 1. The first-order chi connectivity index (χ1) is 10.5. The van der Waals surface area contributed by atoms with Crippen LogP contribution in [-0.4, -0.2) is 17.4 Å². The topological polar surface area (TPSA) is 42.0 Å². The van der Waals surface area contributed by atoms with Gasteiger partial charge in [-0.15, -0.1) is 11.3 Å². The predicted octanol–water partition coefficient (Wildman–Crippen LogP) is 4.04. The molecule has 1 N–H and O–H groups in total. The third-order valence-electron chi connectivity index (χ3n) is 4.24. The second-order valence-electron chi connectivity index (χ2n) is 6.72. The van der Waals surface area contributed by atoms with Gasteiger partial charge in [0.05, 0.1) is 11.2 Å². The molecule has 1 aliphatic rings. The van der Waals surface area contributed by atoms with Gasteiger partial charge in [0.1, 0.15) is 4.88 Å². The fourth-order valence-corrected chi connectivity index (χ4v) is 3.73. The van der Waals surface area contributed by atoms with Crippen molar-refractivity contribution in [1.82, 2.24) is 10.3 Å². The molecule has 0 unspecified atom stereocenters. The molecule has 2 aromatic rings. The molecule has 1 saturated carbocycles. The first-order valence-electron chi connectivity index (χ1n) is 7.77. The van der Waals surface area contributed by atoms with E-state index in [2.05, 4.69) is 49.3 Å². The SMILES string of the molecule is Cc1ccccc1C(C)(C)CNC(=O)c1cnc(C2CC2)s1. The molecule has 1 heterocycles. The van der Waals surface area contributed by atoms with Crippen molar-refractivity contribution in [2.75, 3.05) is 6.54 Å². The molecule has 116 valence electrons. The van der Waals surface area contributed by atoms with Crippen molar-refractivity contribution in [3.63, 3.8) is 0 Å². The van der Waals surface area contributed by atoms with Crippen LogP contribution in [0, 0.1) is 6.92 Å². The molecule has 0 atom stereocenters. The van der Waals surface area contributed by atoms with Crippen molar-refractivity contribution in [3.8, 4) is 0 Å². The van der Waals surface area contributed by atoms with E-state index in [1.165, 1.54) is 35.3 Å². The van der Waals surface area contributed by atoms with E-state index in [0.717, 1.165) is 9.88 Å². The Balaban J connectivity index is 1.65. The van der Waals surface area contributed by atoms with Gasteiger partial charge in [0.2, 0.25) is 0 Å². The molecule has 1 fully saturated rings. The summed E-state index contributed by atoms with van der Waals surface area (Å²) < 4.78 is 0. The van der Waals surface area contributed by atoms with Gasteiger partial charge in [0, 0.05) is 17.9 Å². The molecule has 3 nitrogen and oxygen atoms in total. The van der Waals surface area contributed by atoms with Gasteiger partial charge < -0.3 is 5.32 Å². The van der Waals surface area contributed by atoms with Crippen LogP contribution in [0.5, 0.6) is 0 Å². The zero-order valence-corrected chi connectivity index (χ0v) is 14.2. The average molecular weight is 314 g/mol. The summed E-state index contributed by atoms with van der Waals surface area (Å²) in [5.41, 5.74) is 2.44. The summed E-state index contributed by atoms with van der Waals surface area (Å²) in [5, 5.41) is 4.18. The summed E-state index contributed by atoms with van der Waals surface area (Å²) in [7, 11) is 0. The number of carbonyl (C=O) groups is 1. The molecule has 3 rings (SSSR count). The maximum Gasteiger partial charge on any atom is 0.263 e. The van der Waals surface area contributed by atoms with E-state index in [1.54, 1.807) is 6.20 Å². The van der Waals surface area contributed by atoms with Gasteiger partial charge in [-0.1, -0.05) is 38.1 Å². The quantitative estimate of drug-likeness (QED) is 0.905. The van der Waals surface area contributed by atoms with E-state index < -0.39 is 0 Å². The summed E-state index contributed by atoms with van der Waals surface area (Å²) in [5.74, 6) is 0.598. The Morgan fingerprint density at radius 3 is 2.77 bits per heavy atom. The summed E-state index contributed by atoms with van der Waals surface area (Å²) >= 11 is 1.54. The van der Waals surface area contributed by atoms with Crippen molar-refractivity contribution in [1.29, 1.82) is 0 Å². The Morgan fingerprint density at radius 1 is 1.36 bits per heavy atom. The fraction of sp³-hybridized carbons (Fsp3) is 0.444. The summed E-state index contributed by atoms with van der Waals surface area (Å²) in [6.07, 6.45) is 4.15. The van der Waals surface area contributed by atoms with Gasteiger partial charge in [-0.25, -0.2) is 4.98 Å². The molecule has 1 amide bonds. The Hall–Kier alpha value is -1.68. The van der Waals surface area contributed by atoms with Crippen LogP contribution in [0.4, 0.5) is 0 Å². The van der Waals surface area contributed by atoms with Gasteiger partial charge in [-0.3, -0.25) is 4.79 Å². The highest BCUT2D eigenvalue weighted by atomic mass is 32.1. The molecule has 22 heavy (non-hydrogen) atoms. The summed E-state index contributed by atoms with van der Waals surface area (Å²) in [6.45, 7) is 7.06. The normalized spacial score (nSPS) is 14.9. The van der Waals surface area contributed by atoms with Gasteiger partial charge in [0.15, 0.2) is 0 Å². The van der Waals surface area contributed by atoms with Crippen LogP contribution < -0.4 is 5.32 Å².